The van der Waals surface area contributed by atoms with Gasteiger partial charge < -0.3 is 10.4 Å². The van der Waals surface area contributed by atoms with E-state index < -0.39 is 0 Å². The monoisotopic (exact) mass is 186 g/mol. The maximum atomic E-state index is 8.68. The van der Waals surface area contributed by atoms with Crippen molar-refractivity contribution in [1.29, 1.82) is 0 Å². The normalized spacial score (nSPS) is 13.4. The molecule has 0 aromatic carbocycles. The number of unbranched alkanes of at least 4 members (excludes halogenated alkanes) is 1. The molecule has 4 nitrogen and oxygen atoms in total. The van der Waals surface area contributed by atoms with E-state index in [2.05, 4.69) is 17.2 Å². The smallest absolute Gasteiger partial charge is 0.104 e. The highest BCUT2D eigenvalue weighted by atomic mass is 16.4. The van der Waals surface area contributed by atoms with E-state index in [9.17, 15) is 0 Å². The third-order valence-corrected chi connectivity index (χ3v) is 1.83. The van der Waals surface area contributed by atoms with Crippen molar-refractivity contribution < 1.29 is 10.4 Å². The Bertz CT molecular complexity index is 188. The van der Waals surface area contributed by atoms with Crippen LogP contribution in [0.25, 0.3) is 0 Å². The van der Waals surface area contributed by atoms with E-state index in [0.29, 0.717) is 24.3 Å². The van der Waals surface area contributed by atoms with Crippen molar-refractivity contribution in [2.24, 2.45) is 10.3 Å². The first-order valence-corrected chi connectivity index (χ1v) is 4.72. The Balaban J connectivity index is 4.20. The molecule has 0 aliphatic heterocycles. The zero-order valence-corrected chi connectivity index (χ0v) is 8.32. The highest BCUT2D eigenvalue weighted by Gasteiger charge is 2.08. The van der Waals surface area contributed by atoms with Gasteiger partial charge in [0.25, 0.3) is 0 Å². The highest BCUT2D eigenvalue weighted by molar-refractivity contribution is 6.42. The standard InChI is InChI=1S/C9H18N2O2/c1-3-5-7-9(11-13)8(10-12)6-4-2/h12-13H,3-7H2,1-2H3. The van der Waals surface area contributed by atoms with Gasteiger partial charge in [0.15, 0.2) is 0 Å². The molecule has 0 unspecified atom stereocenters. The number of hydrogen-bond donors (Lipinski definition) is 2. The van der Waals surface area contributed by atoms with Crippen LogP contribution in [0.5, 0.6) is 0 Å². The molecule has 0 aliphatic rings. The van der Waals surface area contributed by atoms with E-state index in [1.54, 1.807) is 0 Å². The summed E-state index contributed by atoms with van der Waals surface area (Å²) < 4.78 is 0. The quantitative estimate of drug-likeness (QED) is 0.380. The van der Waals surface area contributed by atoms with Crippen LogP contribution in [0, 0.1) is 0 Å². The van der Waals surface area contributed by atoms with E-state index >= 15 is 0 Å². The predicted octanol–water partition coefficient (Wildman–Crippen LogP) is 2.64. The molecule has 0 aromatic heterocycles. The predicted molar refractivity (Wildman–Crippen MR) is 52.9 cm³/mol. The molecule has 2 N–H and O–H groups in total. The van der Waals surface area contributed by atoms with E-state index in [1.165, 1.54) is 0 Å². The molecule has 0 heterocycles. The lowest BCUT2D eigenvalue weighted by atomic mass is 10.1. The van der Waals surface area contributed by atoms with Crippen LogP contribution in [0.4, 0.5) is 0 Å². The molecule has 13 heavy (non-hydrogen) atoms. The van der Waals surface area contributed by atoms with Crippen molar-refractivity contribution in [2.75, 3.05) is 0 Å². The van der Waals surface area contributed by atoms with Gasteiger partial charge in [-0.1, -0.05) is 37.0 Å². The van der Waals surface area contributed by atoms with E-state index in [4.69, 9.17) is 10.4 Å². The maximum absolute atomic E-state index is 8.68. The van der Waals surface area contributed by atoms with Crippen molar-refractivity contribution >= 4 is 11.4 Å². The minimum Gasteiger partial charge on any atom is -0.411 e. The number of oxime groups is 2. The van der Waals surface area contributed by atoms with Crippen LogP contribution in [0.1, 0.15) is 46.0 Å². The van der Waals surface area contributed by atoms with Crippen LogP contribution in [0.2, 0.25) is 0 Å². The summed E-state index contributed by atoms with van der Waals surface area (Å²) in [5.74, 6) is 0. The third kappa shape index (κ3) is 4.50. The first kappa shape index (κ1) is 11.9. The molecule has 76 valence electrons. The van der Waals surface area contributed by atoms with Gasteiger partial charge in [-0.2, -0.15) is 0 Å². The van der Waals surface area contributed by atoms with Gasteiger partial charge in [-0.25, -0.2) is 0 Å². The van der Waals surface area contributed by atoms with Gasteiger partial charge in [-0.05, 0) is 19.3 Å². The first-order valence-electron chi connectivity index (χ1n) is 4.72. The van der Waals surface area contributed by atoms with Gasteiger partial charge in [-0.15, -0.1) is 0 Å². The molecule has 0 amide bonds. The lowest BCUT2D eigenvalue weighted by molar-refractivity contribution is 0.312. The lowest BCUT2D eigenvalue weighted by Crippen LogP contribution is -2.14. The average Bonchev–Trinajstić information content (AvgIpc) is 2.17. The summed E-state index contributed by atoms with van der Waals surface area (Å²) in [7, 11) is 0. The van der Waals surface area contributed by atoms with Gasteiger partial charge in [0.05, 0.1) is 0 Å². The van der Waals surface area contributed by atoms with Crippen LogP contribution in [0.3, 0.4) is 0 Å². The Morgan fingerprint density at radius 3 is 1.85 bits per heavy atom. The number of rotatable bonds is 6. The third-order valence-electron chi connectivity index (χ3n) is 1.83. The molecule has 0 aliphatic carbocycles. The molecular weight excluding hydrogens is 168 g/mol. The van der Waals surface area contributed by atoms with Crippen LogP contribution in [-0.2, 0) is 0 Å². The molecule has 0 aromatic rings. The fraction of sp³-hybridized carbons (Fsp3) is 0.778. The number of hydrogen-bond acceptors (Lipinski definition) is 4. The Kier molecular flexibility index (Phi) is 6.96. The minimum absolute atomic E-state index is 0.499. The van der Waals surface area contributed by atoms with Crippen LogP contribution < -0.4 is 0 Å². The van der Waals surface area contributed by atoms with Crippen molar-refractivity contribution in [3.05, 3.63) is 0 Å². The summed E-state index contributed by atoms with van der Waals surface area (Å²) in [5, 5.41) is 23.6. The van der Waals surface area contributed by atoms with Crippen molar-refractivity contribution in [2.45, 2.75) is 46.0 Å². The zero-order chi connectivity index (χ0) is 10.1. The maximum Gasteiger partial charge on any atom is 0.104 e. The summed E-state index contributed by atoms with van der Waals surface area (Å²) in [6.45, 7) is 4.05. The number of nitrogens with zero attached hydrogens (tertiary/aromatic N) is 2. The second-order valence-corrected chi connectivity index (χ2v) is 2.95. The SMILES string of the molecule is CCCCC(=NO)C(CCC)=NO. The molecule has 4 heteroatoms. The lowest BCUT2D eigenvalue weighted by Gasteiger charge is -2.03. The van der Waals surface area contributed by atoms with Gasteiger partial charge in [-0.3, -0.25) is 0 Å². The van der Waals surface area contributed by atoms with Gasteiger partial charge in [0.1, 0.15) is 11.4 Å². The van der Waals surface area contributed by atoms with Crippen LogP contribution >= 0.6 is 0 Å². The average molecular weight is 186 g/mol. The van der Waals surface area contributed by atoms with E-state index in [-0.39, 0.29) is 0 Å². The Morgan fingerprint density at radius 2 is 1.46 bits per heavy atom. The molecule has 0 saturated heterocycles. The second kappa shape index (κ2) is 7.58. The van der Waals surface area contributed by atoms with Crippen LogP contribution in [-0.4, -0.2) is 21.8 Å². The molecule has 0 bridgehead atoms. The van der Waals surface area contributed by atoms with Gasteiger partial charge >= 0.3 is 0 Å². The second-order valence-electron chi connectivity index (χ2n) is 2.95. The summed E-state index contributed by atoms with van der Waals surface area (Å²) >= 11 is 0. The summed E-state index contributed by atoms with van der Waals surface area (Å²) in [4.78, 5) is 0. The summed E-state index contributed by atoms with van der Waals surface area (Å²) in [5.41, 5.74) is 1.00. The molecule has 0 saturated carbocycles. The minimum atomic E-state index is 0.499. The topological polar surface area (TPSA) is 65.2 Å². The molecule has 0 radical (unpaired) electrons. The van der Waals surface area contributed by atoms with Crippen molar-refractivity contribution in [3.63, 3.8) is 0 Å². The molecule has 0 fully saturated rings. The molecular formula is C9H18N2O2. The Labute approximate surface area is 78.9 Å². The first-order chi connectivity index (χ1) is 6.29. The fourth-order valence-electron chi connectivity index (χ4n) is 1.09. The molecule has 0 atom stereocenters. The highest BCUT2D eigenvalue weighted by Crippen LogP contribution is 2.03. The zero-order valence-electron chi connectivity index (χ0n) is 8.32. The van der Waals surface area contributed by atoms with E-state index in [1.807, 2.05) is 6.92 Å². The van der Waals surface area contributed by atoms with E-state index in [0.717, 1.165) is 19.3 Å². The van der Waals surface area contributed by atoms with Crippen molar-refractivity contribution in [3.8, 4) is 0 Å². The largest absolute Gasteiger partial charge is 0.411 e. The van der Waals surface area contributed by atoms with Gasteiger partial charge in [0, 0.05) is 0 Å². The summed E-state index contributed by atoms with van der Waals surface area (Å²) in [6.07, 6.45) is 4.18. The molecule has 0 spiro atoms. The van der Waals surface area contributed by atoms with Crippen molar-refractivity contribution in [1.82, 2.24) is 0 Å². The van der Waals surface area contributed by atoms with Crippen LogP contribution in [0.15, 0.2) is 10.3 Å². The Morgan fingerprint density at radius 1 is 0.923 bits per heavy atom. The Hall–Kier alpha value is -1.06. The molecule has 0 rings (SSSR count). The van der Waals surface area contributed by atoms with Gasteiger partial charge in [0.2, 0.25) is 0 Å². The summed E-state index contributed by atoms with van der Waals surface area (Å²) in [6, 6.07) is 0. The fourth-order valence-corrected chi connectivity index (χ4v) is 1.09.